The van der Waals surface area contributed by atoms with Gasteiger partial charge in [-0.1, -0.05) is 19.6 Å². The van der Waals surface area contributed by atoms with Gasteiger partial charge in [0.25, 0.3) is 0 Å². The number of amidine groups is 1. The highest BCUT2D eigenvalue weighted by molar-refractivity contribution is 5.93. The fourth-order valence-corrected chi connectivity index (χ4v) is 1.10. The zero-order valence-corrected chi connectivity index (χ0v) is 6.80. The second-order valence-electron chi connectivity index (χ2n) is 2.64. The molecule has 11 heavy (non-hydrogen) atoms. The first-order chi connectivity index (χ1) is 5.23. The number of nitrogens with zero attached hydrogens (tertiary/aromatic N) is 1. The minimum absolute atomic E-state index is 0.613. The van der Waals surface area contributed by atoms with Crippen molar-refractivity contribution in [3.8, 4) is 0 Å². The van der Waals surface area contributed by atoms with Crippen molar-refractivity contribution in [2.24, 2.45) is 4.99 Å². The van der Waals surface area contributed by atoms with Crippen LogP contribution in [0.5, 0.6) is 0 Å². The average molecular weight is 154 g/mol. The van der Waals surface area contributed by atoms with Gasteiger partial charge in [0, 0.05) is 6.54 Å². The summed E-state index contributed by atoms with van der Waals surface area (Å²) < 4.78 is 0. The van der Waals surface area contributed by atoms with Crippen molar-refractivity contribution in [2.75, 3.05) is 13.1 Å². The van der Waals surface area contributed by atoms with Crippen LogP contribution in [0.1, 0.15) is 13.3 Å². The van der Waals surface area contributed by atoms with Gasteiger partial charge in [0.2, 0.25) is 0 Å². The zero-order valence-electron chi connectivity index (χ0n) is 6.80. The highest BCUT2D eigenvalue weighted by Crippen LogP contribution is 2.13. The number of rotatable bonds is 3. The SMILES string of the molecule is C=CC(O)(CC)C1=NCCN1. The van der Waals surface area contributed by atoms with Gasteiger partial charge in [-0.15, -0.1) is 0 Å². The zero-order chi connectivity index (χ0) is 8.32. The Bertz CT molecular complexity index is 189. The Morgan fingerprint density at radius 1 is 1.91 bits per heavy atom. The lowest BCUT2D eigenvalue weighted by atomic mass is 10.00. The standard InChI is InChI=1S/C8H14N2O/c1-3-8(11,4-2)7-9-5-6-10-7/h3,11H,1,4-6H2,2H3,(H,9,10). The first-order valence-corrected chi connectivity index (χ1v) is 3.87. The van der Waals surface area contributed by atoms with Crippen LogP contribution in [0, 0.1) is 0 Å². The molecular formula is C8H14N2O. The minimum atomic E-state index is -0.934. The van der Waals surface area contributed by atoms with Crippen LogP contribution in [0.15, 0.2) is 17.6 Å². The van der Waals surface area contributed by atoms with Gasteiger partial charge in [0.15, 0.2) is 0 Å². The summed E-state index contributed by atoms with van der Waals surface area (Å²) >= 11 is 0. The summed E-state index contributed by atoms with van der Waals surface area (Å²) in [5.41, 5.74) is -0.934. The molecule has 0 aliphatic carbocycles. The molecule has 1 unspecified atom stereocenters. The quantitative estimate of drug-likeness (QED) is 0.575. The van der Waals surface area contributed by atoms with E-state index in [9.17, 15) is 5.11 Å². The maximum absolute atomic E-state index is 9.82. The van der Waals surface area contributed by atoms with Crippen molar-refractivity contribution in [1.29, 1.82) is 0 Å². The first kappa shape index (κ1) is 8.27. The number of hydrogen-bond donors (Lipinski definition) is 2. The minimum Gasteiger partial charge on any atom is -0.378 e. The maximum atomic E-state index is 9.82. The van der Waals surface area contributed by atoms with Crippen molar-refractivity contribution >= 4 is 5.84 Å². The van der Waals surface area contributed by atoms with Crippen molar-refractivity contribution in [3.05, 3.63) is 12.7 Å². The van der Waals surface area contributed by atoms with Crippen LogP contribution < -0.4 is 5.32 Å². The van der Waals surface area contributed by atoms with E-state index in [4.69, 9.17) is 0 Å². The predicted molar refractivity (Wildman–Crippen MR) is 45.7 cm³/mol. The fourth-order valence-electron chi connectivity index (χ4n) is 1.10. The van der Waals surface area contributed by atoms with E-state index in [-0.39, 0.29) is 0 Å². The largest absolute Gasteiger partial charge is 0.378 e. The van der Waals surface area contributed by atoms with Crippen LogP contribution in [0.3, 0.4) is 0 Å². The molecule has 0 saturated heterocycles. The van der Waals surface area contributed by atoms with Crippen LogP contribution in [0.2, 0.25) is 0 Å². The number of hydrogen-bond acceptors (Lipinski definition) is 3. The Morgan fingerprint density at radius 2 is 2.64 bits per heavy atom. The molecule has 0 bridgehead atoms. The monoisotopic (exact) mass is 154 g/mol. The molecule has 3 heteroatoms. The van der Waals surface area contributed by atoms with E-state index in [1.165, 1.54) is 6.08 Å². The summed E-state index contributed by atoms with van der Waals surface area (Å²) in [6, 6.07) is 0. The second-order valence-corrected chi connectivity index (χ2v) is 2.64. The van der Waals surface area contributed by atoms with Crippen LogP contribution in [-0.2, 0) is 0 Å². The molecule has 1 atom stereocenters. The fraction of sp³-hybridized carbons (Fsp3) is 0.625. The lowest BCUT2D eigenvalue weighted by molar-refractivity contribution is 0.156. The van der Waals surface area contributed by atoms with E-state index in [2.05, 4.69) is 16.9 Å². The van der Waals surface area contributed by atoms with E-state index >= 15 is 0 Å². The molecule has 0 radical (unpaired) electrons. The Kier molecular flexibility index (Phi) is 2.29. The molecule has 1 aliphatic rings. The molecule has 0 aromatic heterocycles. The summed E-state index contributed by atoms with van der Waals surface area (Å²) in [7, 11) is 0. The highest BCUT2D eigenvalue weighted by atomic mass is 16.3. The third-order valence-electron chi connectivity index (χ3n) is 1.96. The second kappa shape index (κ2) is 3.05. The molecule has 1 aliphatic heterocycles. The number of aliphatic imine (C=N–C) groups is 1. The average Bonchev–Trinajstić information content (AvgIpc) is 2.55. The van der Waals surface area contributed by atoms with Gasteiger partial charge < -0.3 is 10.4 Å². The van der Waals surface area contributed by atoms with Crippen molar-refractivity contribution in [2.45, 2.75) is 18.9 Å². The Morgan fingerprint density at radius 3 is 3.00 bits per heavy atom. The number of aliphatic hydroxyl groups is 1. The third-order valence-corrected chi connectivity index (χ3v) is 1.96. The maximum Gasteiger partial charge on any atom is 0.139 e. The number of nitrogens with one attached hydrogen (secondary N) is 1. The van der Waals surface area contributed by atoms with Crippen LogP contribution in [0.4, 0.5) is 0 Å². The molecule has 0 aromatic rings. The molecule has 0 aromatic carbocycles. The molecule has 1 heterocycles. The van der Waals surface area contributed by atoms with Gasteiger partial charge in [-0.2, -0.15) is 0 Å². The highest BCUT2D eigenvalue weighted by Gasteiger charge is 2.28. The molecule has 0 fully saturated rings. The Balaban J connectivity index is 2.75. The molecular weight excluding hydrogens is 140 g/mol. The molecule has 3 nitrogen and oxygen atoms in total. The molecule has 0 saturated carbocycles. The van der Waals surface area contributed by atoms with Crippen LogP contribution in [-0.4, -0.2) is 29.6 Å². The lowest BCUT2D eigenvalue weighted by Gasteiger charge is -2.22. The smallest absolute Gasteiger partial charge is 0.139 e. The molecule has 0 spiro atoms. The van der Waals surface area contributed by atoms with Crippen molar-refractivity contribution in [3.63, 3.8) is 0 Å². The summed E-state index contributed by atoms with van der Waals surface area (Å²) in [5.74, 6) is 0.662. The van der Waals surface area contributed by atoms with Gasteiger partial charge in [-0.3, -0.25) is 4.99 Å². The third kappa shape index (κ3) is 1.43. The summed E-state index contributed by atoms with van der Waals surface area (Å²) in [4.78, 5) is 4.13. The van der Waals surface area contributed by atoms with E-state index in [1.807, 2.05) is 6.92 Å². The van der Waals surface area contributed by atoms with Crippen molar-refractivity contribution in [1.82, 2.24) is 5.32 Å². The van der Waals surface area contributed by atoms with E-state index in [1.54, 1.807) is 0 Å². The Hall–Kier alpha value is -0.830. The predicted octanol–water partition coefficient (Wildman–Crippen LogP) is 0.315. The normalized spacial score (nSPS) is 21.8. The van der Waals surface area contributed by atoms with Gasteiger partial charge >= 0.3 is 0 Å². The van der Waals surface area contributed by atoms with Gasteiger partial charge in [0.05, 0.1) is 6.54 Å². The van der Waals surface area contributed by atoms with Gasteiger partial charge in [-0.05, 0) is 6.42 Å². The van der Waals surface area contributed by atoms with Crippen molar-refractivity contribution < 1.29 is 5.11 Å². The van der Waals surface area contributed by atoms with Crippen LogP contribution in [0.25, 0.3) is 0 Å². The van der Waals surface area contributed by atoms with E-state index in [0.717, 1.165) is 13.1 Å². The topological polar surface area (TPSA) is 44.6 Å². The molecule has 0 amide bonds. The van der Waals surface area contributed by atoms with Gasteiger partial charge in [0.1, 0.15) is 11.4 Å². The summed E-state index contributed by atoms with van der Waals surface area (Å²) in [6.45, 7) is 7.06. The lowest BCUT2D eigenvalue weighted by Crippen LogP contribution is -2.42. The summed E-state index contributed by atoms with van der Waals surface area (Å²) in [6.07, 6.45) is 2.15. The molecule has 62 valence electrons. The summed E-state index contributed by atoms with van der Waals surface area (Å²) in [5, 5.41) is 12.8. The van der Waals surface area contributed by atoms with Crippen LogP contribution >= 0.6 is 0 Å². The molecule has 2 N–H and O–H groups in total. The molecule has 1 rings (SSSR count). The van der Waals surface area contributed by atoms with Gasteiger partial charge in [-0.25, -0.2) is 0 Å². The van der Waals surface area contributed by atoms with E-state index < -0.39 is 5.60 Å². The van der Waals surface area contributed by atoms with E-state index in [0.29, 0.717) is 12.3 Å². The Labute approximate surface area is 66.8 Å². The first-order valence-electron chi connectivity index (χ1n) is 3.87.